The molecule has 2 saturated carbocycles. The van der Waals surface area contributed by atoms with E-state index in [0.717, 1.165) is 38.5 Å². The standard InChI is InChI=1S/C13H18O4/c14-11(12-7-3-1-5-9(12)15-12)17-13-8-4-2-6-10(13)16-13/h9-10H,1-8H2. The van der Waals surface area contributed by atoms with Crippen molar-refractivity contribution in [1.82, 2.24) is 0 Å². The van der Waals surface area contributed by atoms with Crippen molar-refractivity contribution in [1.29, 1.82) is 0 Å². The van der Waals surface area contributed by atoms with Crippen LogP contribution in [0.5, 0.6) is 0 Å². The molecular formula is C13H18O4. The molecular weight excluding hydrogens is 220 g/mol. The van der Waals surface area contributed by atoms with Crippen LogP contribution in [-0.4, -0.2) is 29.6 Å². The normalized spacial score (nSPS) is 51.1. The van der Waals surface area contributed by atoms with Crippen LogP contribution in [0.15, 0.2) is 0 Å². The predicted octanol–water partition coefficient (Wildman–Crippen LogP) is 1.91. The molecule has 94 valence electrons. The van der Waals surface area contributed by atoms with Crippen LogP contribution in [0.2, 0.25) is 0 Å². The molecule has 0 aromatic heterocycles. The van der Waals surface area contributed by atoms with Crippen molar-refractivity contribution < 1.29 is 19.0 Å². The first-order valence-corrected chi connectivity index (χ1v) is 6.84. The number of carbonyl (C=O) groups excluding carboxylic acids is 1. The Morgan fingerprint density at radius 3 is 2.53 bits per heavy atom. The maximum Gasteiger partial charge on any atom is 0.343 e. The monoisotopic (exact) mass is 238 g/mol. The Labute approximate surface area is 101 Å². The van der Waals surface area contributed by atoms with Crippen molar-refractivity contribution in [3.8, 4) is 0 Å². The molecule has 2 heterocycles. The zero-order valence-corrected chi connectivity index (χ0v) is 9.94. The van der Waals surface area contributed by atoms with E-state index >= 15 is 0 Å². The quantitative estimate of drug-likeness (QED) is 0.544. The minimum Gasteiger partial charge on any atom is -0.428 e. The number of ether oxygens (including phenoxy) is 3. The van der Waals surface area contributed by atoms with Gasteiger partial charge in [0.2, 0.25) is 5.79 Å². The van der Waals surface area contributed by atoms with Gasteiger partial charge in [0.05, 0.1) is 6.10 Å². The first-order valence-electron chi connectivity index (χ1n) is 6.84. The van der Waals surface area contributed by atoms with Gasteiger partial charge < -0.3 is 14.2 Å². The molecule has 4 unspecified atom stereocenters. The minimum absolute atomic E-state index is 0.126. The maximum absolute atomic E-state index is 12.2. The third kappa shape index (κ3) is 1.40. The van der Waals surface area contributed by atoms with Gasteiger partial charge in [-0.15, -0.1) is 0 Å². The van der Waals surface area contributed by atoms with Gasteiger partial charge in [-0.2, -0.15) is 0 Å². The van der Waals surface area contributed by atoms with Gasteiger partial charge in [0.25, 0.3) is 0 Å². The molecule has 4 atom stereocenters. The average Bonchev–Trinajstić information content (AvgIpc) is 3.21. The number of fused-ring (bicyclic) bond motifs is 2. The summed E-state index contributed by atoms with van der Waals surface area (Å²) < 4.78 is 16.8. The number of carbonyl (C=O) groups is 1. The molecule has 4 heteroatoms. The summed E-state index contributed by atoms with van der Waals surface area (Å²) in [6, 6.07) is 0. The molecule has 0 radical (unpaired) electrons. The Balaban J connectivity index is 1.45. The lowest BCUT2D eigenvalue weighted by molar-refractivity contribution is -0.167. The number of hydrogen-bond acceptors (Lipinski definition) is 4. The molecule has 4 fully saturated rings. The first kappa shape index (κ1) is 10.3. The third-order valence-electron chi connectivity index (χ3n) is 4.71. The lowest BCUT2D eigenvalue weighted by Gasteiger charge is -2.21. The Bertz CT molecular complexity index is 368. The van der Waals surface area contributed by atoms with E-state index in [4.69, 9.17) is 14.2 Å². The number of epoxide rings is 2. The number of rotatable bonds is 2. The SMILES string of the molecule is O=C(OC12CCCCC1O2)C12CCCCC1O2. The molecule has 0 N–H and O–H groups in total. The summed E-state index contributed by atoms with van der Waals surface area (Å²) in [4.78, 5) is 12.2. The molecule has 4 aliphatic rings. The zero-order valence-electron chi connectivity index (χ0n) is 9.94. The third-order valence-corrected chi connectivity index (χ3v) is 4.71. The molecule has 0 bridgehead atoms. The molecule has 2 aliphatic carbocycles. The summed E-state index contributed by atoms with van der Waals surface area (Å²) >= 11 is 0. The van der Waals surface area contributed by atoms with Crippen molar-refractivity contribution >= 4 is 5.97 Å². The van der Waals surface area contributed by atoms with Crippen LogP contribution in [0.1, 0.15) is 51.4 Å². The average molecular weight is 238 g/mol. The molecule has 0 aromatic rings. The van der Waals surface area contributed by atoms with E-state index in [1.54, 1.807) is 0 Å². The van der Waals surface area contributed by atoms with Crippen LogP contribution in [0.3, 0.4) is 0 Å². The van der Waals surface area contributed by atoms with Crippen molar-refractivity contribution in [3.63, 3.8) is 0 Å². The van der Waals surface area contributed by atoms with Gasteiger partial charge in [-0.1, -0.05) is 12.8 Å². The van der Waals surface area contributed by atoms with Crippen LogP contribution < -0.4 is 0 Å². The molecule has 17 heavy (non-hydrogen) atoms. The van der Waals surface area contributed by atoms with Gasteiger partial charge >= 0.3 is 5.97 Å². The Morgan fingerprint density at radius 2 is 1.76 bits per heavy atom. The van der Waals surface area contributed by atoms with Crippen molar-refractivity contribution in [2.75, 3.05) is 0 Å². The van der Waals surface area contributed by atoms with Crippen LogP contribution in [0, 0.1) is 0 Å². The van der Waals surface area contributed by atoms with Crippen molar-refractivity contribution in [2.24, 2.45) is 0 Å². The molecule has 0 spiro atoms. The summed E-state index contributed by atoms with van der Waals surface area (Å²) in [6.07, 6.45) is 8.55. The lowest BCUT2D eigenvalue weighted by Crippen LogP contribution is -2.37. The Morgan fingerprint density at radius 1 is 1.00 bits per heavy atom. The highest BCUT2D eigenvalue weighted by Gasteiger charge is 2.68. The van der Waals surface area contributed by atoms with Crippen LogP contribution >= 0.6 is 0 Å². The van der Waals surface area contributed by atoms with Crippen molar-refractivity contribution in [3.05, 3.63) is 0 Å². The van der Waals surface area contributed by atoms with Crippen molar-refractivity contribution in [2.45, 2.75) is 75.0 Å². The van der Waals surface area contributed by atoms with Crippen LogP contribution in [0.4, 0.5) is 0 Å². The van der Waals surface area contributed by atoms with Gasteiger partial charge in [-0.3, -0.25) is 0 Å². The second-order valence-electron chi connectivity index (χ2n) is 5.80. The smallest absolute Gasteiger partial charge is 0.343 e. The van der Waals surface area contributed by atoms with E-state index < -0.39 is 11.4 Å². The fourth-order valence-corrected chi connectivity index (χ4v) is 3.52. The highest BCUT2D eigenvalue weighted by atomic mass is 16.8. The van der Waals surface area contributed by atoms with Gasteiger partial charge in [0, 0.05) is 6.42 Å². The fraction of sp³-hybridized carbons (Fsp3) is 0.923. The van der Waals surface area contributed by atoms with E-state index in [9.17, 15) is 4.79 Å². The first-order chi connectivity index (χ1) is 8.25. The molecule has 2 saturated heterocycles. The minimum atomic E-state index is -0.582. The van der Waals surface area contributed by atoms with E-state index in [1.807, 2.05) is 0 Å². The van der Waals surface area contributed by atoms with E-state index in [0.29, 0.717) is 0 Å². The summed E-state index contributed by atoms with van der Waals surface area (Å²) in [5.41, 5.74) is -0.582. The summed E-state index contributed by atoms with van der Waals surface area (Å²) in [7, 11) is 0. The zero-order chi connectivity index (χ0) is 11.5. The molecule has 0 amide bonds. The van der Waals surface area contributed by atoms with Gasteiger partial charge in [0.1, 0.15) is 6.10 Å². The highest BCUT2D eigenvalue weighted by Crippen LogP contribution is 2.53. The van der Waals surface area contributed by atoms with E-state index in [2.05, 4.69) is 0 Å². The van der Waals surface area contributed by atoms with Gasteiger partial charge in [-0.25, -0.2) is 4.79 Å². The van der Waals surface area contributed by atoms with Gasteiger partial charge in [0.15, 0.2) is 5.60 Å². The maximum atomic E-state index is 12.2. The Kier molecular flexibility index (Phi) is 1.96. The Hall–Kier alpha value is -0.610. The largest absolute Gasteiger partial charge is 0.428 e. The fourth-order valence-electron chi connectivity index (χ4n) is 3.52. The summed E-state index contributed by atoms with van der Waals surface area (Å²) in [5.74, 6) is -0.718. The highest BCUT2D eigenvalue weighted by molar-refractivity contribution is 5.84. The molecule has 4 nitrogen and oxygen atoms in total. The number of esters is 1. The van der Waals surface area contributed by atoms with E-state index in [-0.39, 0.29) is 18.2 Å². The molecule has 0 aromatic carbocycles. The summed E-state index contributed by atoms with van der Waals surface area (Å²) in [5, 5.41) is 0. The molecule has 4 rings (SSSR count). The topological polar surface area (TPSA) is 51.4 Å². The number of hydrogen-bond donors (Lipinski definition) is 0. The lowest BCUT2D eigenvalue weighted by atomic mass is 9.89. The second-order valence-corrected chi connectivity index (χ2v) is 5.80. The summed E-state index contributed by atoms with van der Waals surface area (Å²) in [6.45, 7) is 0. The van der Waals surface area contributed by atoms with Crippen LogP contribution in [0.25, 0.3) is 0 Å². The van der Waals surface area contributed by atoms with E-state index in [1.165, 1.54) is 12.8 Å². The molecule has 2 aliphatic heterocycles. The predicted molar refractivity (Wildman–Crippen MR) is 58.2 cm³/mol. The van der Waals surface area contributed by atoms with Crippen LogP contribution in [-0.2, 0) is 19.0 Å². The van der Waals surface area contributed by atoms with Gasteiger partial charge in [-0.05, 0) is 32.1 Å². The second kappa shape index (κ2) is 3.23.